The van der Waals surface area contributed by atoms with Crippen molar-refractivity contribution in [2.45, 2.75) is 19.9 Å². The van der Waals surface area contributed by atoms with Crippen LogP contribution in [0.3, 0.4) is 0 Å². The zero-order valence-corrected chi connectivity index (χ0v) is 18.2. The molecule has 1 aliphatic heterocycles. The molecule has 0 spiro atoms. The van der Waals surface area contributed by atoms with E-state index in [9.17, 15) is 19.8 Å². The van der Waals surface area contributed by atoms with Crippen LogP contribution < -0.4 is 4.90 Å². The highest BCUT2D eigenvalue weighted by molar-refractivity contribution is 6.52. The Kier molecular flexibility index (Phi) is 4.78. The summed E-state index contributed by atoms with van der Waals surface area (Å²) in [6.07, 6.45) is 1.63. The van der Waals surface area contributed by atoms with Crippen molar-refractivity contribution in [3.05, 3.63) is 101 Å². The van der Waals surface area contributed by atoms with Gasteiger partial charge in [-0.3, -0.25) is 14.5 Å². The molecule has 5 rings (SSSR count). The van der Waals surface area contributed by atoms with Gasteiger partial charge in [-0.25, -0.2) is 0 Å². The number of fused-ring (bicyclic) bond motifs is 1. The molecule has 1 amide bonds. The summed E-state index contributed by atoms with van der Waals surface area (Å²) in [5.74, 6) is -1.98. The van der Waals surface area contributed by atoms with E-state index in [1.807, 2.05) is 62.4 Å². The Morgan fingerprint density at radius 3 is 2.48 bits per heavy atom. The zero-order chi connectivity index (χ0) is 23.3. The van der Waals surface area contributed by atoms with Crippen molar-refractivity contribution in [3.8, 4) is 5.75 Å². The predicted molar refractivity (Wildman–Crippen MR) is 127 cm³/mol. The number of ketones is 1. The molecule has 0 saturated carbocycles. The van der Waals surface area contributed by atoms with Crippen molar-refractivity contribution in [2.75, 3.05) is 4.90 Å². The van der Waals surface area contributed by atoms with Crippen LogP contribution in [-0.4, -0.2) is 26.9 Å². The fraction of sp³-hybridized carbons (Fsp3) is 0.111. The van der Waals surface area contributed by atoms with Gasteiger partial charge in [-0.2, -0.15) is 0 Å². The van der Waals surface area contributed by atoms with Gasteiger partial charge in [0.2, 0.25) is 0 Å². The van der Waals surface area contributed by atoms with E-state index in [2.05, 4.69) is 4.98 Å². The number of amides is 1. The molecule has 6 nitrogen and oxygen atoms in total. The van der Waals surface area contributed by atoms with Crippen molar-refractivity contribution < 1.29 is 19.8 Å². The molecule has 3 N–H and O–H groups in total. The lowest BCUT2D eigenvalue weighted by molar-refractivity contribution is -0.132. The maximum atomic E-state index is 13.3. The van der Waals surface area contributed by atoms with E-state index >= 15 is 0 Å². The van der Waals surface area contributed by atoms with Crippen LogP contribution in [0.1, 0.15) is 28.3 Å². The van der Waals surface area contributed by atoms with E-state index < -0.39 is 17.7 Å². The van der Waals surface area contributed by atoms with E-state index in [1.165, 1.54) is 11.0 Å². The molecule has 1 saturated heterocycles. The number of carbonyl (C=O) groups excluding carboxylic acids is 2. The largest absolute Gasteiger partial charge is 0.507 e. The molecule has 1 fully saturated rings. The van der Waals surface area contributed by atoms with Crippen LogP contribution in [0.25, 0.3) is 16.7 Å². The lowest BCUT2D eigenvalue weighted by atomic mass is 9.94. The standard InChI is InChI=1S/C27H22N2O4/c1-15-6-5-7-17(12-15)24-23(25(31)19-14-28-20-9-4-3-8-18(19)20)26(32)27(33)29(24)21-13-16(2)10-11-22(21)30/h3-14,24,28,30-31H,1-2H3/b25-23-. The number of benzene rings is 3. The van der Waals surface area contributed by atoms with Gasteiger partial charge in [0.1, 0.15) is 11.5 Å². The van der Waals surface area contributed by atoms with E-state index in [0.29, 0.717) is 11.1 Å². The number of phenolic OH excluding ortho intramolecular Hbond substituents is 1. The number of nitrogens with zero attached hydrogens (tertiary/aromatic N) is 1. The van der Waals surface area contributed by atoms with Gasteiger partial charge >= 0.3 is 0 Å². The van der Waals surface area contributed by atoms with Crippen LogP contribution in [0.2, 0.25) is 0 Å². The Labute approximate surface area is 190 Å². The van der Waals surface area contributed by atoms with Gasteiger partial charge in [-0.05, 0) is 43.2 Å². The van der Waals surface area contributed by atoms with Crippen LogP contribution in [0.4, 0.5) is 5.69 Å². The van der Waals surface area contributed by atoms with Crippen molar-refractivity contribution in [3.63, 3.8) is 0 Å². The highest BCUT2D eigenvalue weighted by Crippen LogP contribution is 2.45. The minimum Gasteiger partial charge on any atom is -0.507 e. The normalized spacial score (nSPS) is 17.8. The molecule has 164 valence electrons. The van der Waals surface area contributed by atoms with Crippen LogP contribution in [0.15, 0.2) is 78.5 Å². The summed E-state index contributed by atoms with van der Waals surface area (Å²) in [5, 5.41) is 22.7. The van der Waals surface area contributed by atoms with Gasteiger partial charge in [0.15, 0.2) is 0 Å². The fourth-order valence-corrected chi connectivity index (χ4v) is 4.48. The predicted octanol–water partition coefficient (Wildman–Crippen LogP) is 5.12. The first-order valence-corrected chi connectivity index (χ1v) is 10.6. The first kappa shape index (κ1) is 20.6. The average molecular weight is 438 g/mol. The van der Waals surface area contributed by atoms with Crippen LogP contribution >= 0.6 is 0 Å². The Balaban J connectivity index is 1.79. The molecule has 6 heteroatoms. The summed E-state index contributed by atoms with van der Waals surface area (Å²) >= 11 is 0. The van der Waals surface area contributed by atoms with Crippen LogP contribution in [0, 0.1) is 13.8 Å². The zero-order valence-electron chi connectivity index (χ0n) is 18.2. The maximum Gasteiger partial charge on any atom is 0.300 e. The average Bonchev–Trinajstić information content (AvgIpc) is 3.34. The summed E-state index contributed by atoms with van der Waals surface area (Å²) in [7, 11) is 0. The third kappa shape index (κ3) is 3.27. The second kappa shape index (κ2) is 7.67. The number of hydrogen-bond donors (Lipinski definition) is 3. The molecule has 3 aromatic carbocycles. The summed E-state index contributed by atoms with van der Waals surface area (Å²) in [6, 6.07) is 18.8. The van der Waals surface area contributed by atoms with Crippen molar-refractivity contribution in [1.29, 1.82) is 0 Å². The molecule has 0 radical (unpaired) electrons. The molecular formula is C27H22N2O4. The number of H-pyrrole nitrogens is 1. The molecule has 1 aliphatic rings. The fourth-order valence-electron chi connectivity index (χ4n) is 4.48. The molecule has 1 unspecified atom stereocenters. The van der Waals surface area contributed by atoms with Crippen molar-refractivity contribution >= 4 is 34.0 Å². The number of anilines is 1. The smallest absolute Gasteiger partial charge is 0.300 e. The van der Waals surface area contributed by atoms with Gasteiger partial charge in [0, 0.05) is 22.7 Å². The van der Waals surface area contributed by atoms with Gasteiger partial charge in [0.05, 0.1) is 17.3 Å². The minimum absolute atomic E-state index is 0.0174. The van der Waals surface area contributed by atoms with E-state index in [0.717, 1.165) is 22.0 Å². The number of rotatable bonds is 3. The lowest BCUT2D eigenvalue weighted by Crippen LogP contribution is -2.29. The number of aromatic nitrogens is 1. The summed E-state index contributed by atoms with van der Waals surface area (Å²) in [6.45, 7) is 3.76. The highest BCUT2D eigenvalue weighted by atomic mass is 16.3. The van der Waals surface area contributed by atoms with Crippen LogP contribution in [-0.2, 0) is 9.59 Å². The molecule has 4 aromatic rings. The number of para-hydroxylation sites is 1. The second-order valence-electron chi connectivity index (χ2n) is 8.32. The van der Waals surface area contributed by atoms with E-state index in [4.69, 9.17) is 0 Å². The number of aromatic amines is 1. The molecule has 0 bridgehead atoms. The molecular weight excluding hydrogens is 416 g/mol. The van der Waals surface area contributed by atoms with Gasteiger partial charge in [0.25, 0.3) is 11.7 Å². The van der Waals surface area contributed by atoms with Crippen molar-refractivity contribution in [1.82, 2.24) is 4.98 Å². The molecule has 0 aliphatic carbocycles. The number of aliphatic hydroxyl groups excluding tert-OH is 1. The monoisotopic (exact) mass is 438 g/mol. The van der Waals surface area contributed by atoms with Gasteiger partial charge < -0.3 is 15.2 Å². The number of phenols is 1. The van der Waals surface area contributed by atoms with E-state index in [-0.39, 0.29) is 22.8 Å². The third-order valence-corrected chi connectivity index (χ3v) is 6.04. The Morgan fingerprint density at radius 2 is 1.70 bits per heavy atom. The Bertz CT molecular complexity index is 1460. The second-order valence-corrected chi connectivity index (χ2v) is 8.32. The number of hydrogen-bond acceptors (Lipinski definition) is 4. The summed E-state index contributed by atoms with van der Waals surface area (Å²) < 4.78 is 0. The molecule has 33 heavy (non-hydrogen) atoms. The van der Waals surface area contributed by atoms with E-state index in [1.54, 1.807) is 18.3 Å². The number of aryl methyl sites for hydroxylation is 2. The molecule has 2 heterocycles. The topological polar surface area (TPSA) is 93.6 Å². The number of Topliss-reactive ketones (excluding diaryl/α,β-unsaturated/α-hetero) is 1. The van der Waals surface area contributed by atoms with Crippen LogP contribution in [0.5, 0.6) is 5.75 Å². The van der Waals surface area contributed by atoms with Crippen molar-refractivity contribution in [2.24, 2.45) is 0 Å². The number of aromatic hydroxyl groups is 1. The Hall–Kier alpha value is -4.32. The first-order valence-electron chi connectivity index (χ1n) is 10.6. The number of aliphatic hydroxyl groups is 1. The molecule has 1 atom stereocenters. The first-order chi connectivity index (χ1) is 15.9. The van der Waals surface area contributed by atoms with Gasteiger partial charge in [-0.15, -0.1) is 0 Å². The number of carbonyl (C=O) groups is 2. The maximum absolute atomic E-state index is 13.3. The SMILES string of the molecule is Cc1cccc(C2/C(=C(/O)c3c[nH]c4ccccc34)C(=O)C(=O)N2c2cc(C)ccc2O)c1. The highest BCUT2D eigenvalue weighted by Gasteiger charge is 2.48. The quantitative estimate of drug-likeness (QED) is 0.235. The number of nitrogens with one attached hydrogen (secondary N) is 1. The lowest BCUT2D eigenvalue weighted by Gasteiger charge is -2.26. The Morgan fingerprint density at radius 1 is 0.939 bits per heavy atom. The minimum atomic E-state index is -0.897. The molecule has 1 aromatic heterocycles. The summed E-state index contributed by atoms with van der Waals surface area (Å²) in [4.78, 5) is 31.0. The third-order valence-electron chi connectivity index (χ3n) is 6.04. The van der Waals surface area contributed by atoms with Gasteiger partial charge in [-0.1, -0.05) is 54.1 Å². The summed E-state index contributed by atoms with van der Waals surface area (Å²) in [5.41, 5.74) is 3.88.